The lowest BCUT2D eigenvalue weighted by Gasteiger charge is -2.06. The Hall–Kier alpha value is -0.600. The van der Waals surface area contributed by atoms with Crippen molar-refractivity contribution in [3.63, 3.8) is 0 Å². The highest BCUT2D eigenvalue weighted by atomic mass is 32.2. The fourth-order valence-corrected chi connectivity index (χ4v) is 1.65. The summed E-state index contributed by atoms with van der Waals surface area (Å²) >= 11 is 0. The van der Waals surface area contributed by atoms with Crippen LogP contribution in [0.25, 0.3) is 0 Å². The number of hydrogen-bond donors (Lipinski definition) is 1. The van der Waals surface area contributed by atoms with Gasteiger partial charge in [-0.2, -0.15) is 5.26 Å². The van der Waals surface area contributed by atoms with Gasteiger partial charge >= 0.3 is 0 Å². The summed E-state index contributed by atoms with van der Waals surface area (Å²) in [5.74, 6) is 0.415. The quantitative estimate of drug-likeness (QED) is 0.654. The summed E-state index contributed by atoms with van der Waals surface area (Å²) in [6.45, 7) is 2.53. The summed E-state index contributed by atoms with van der Waals surface area (Å²) in [4.78, 5) is 0. The third kappa shape index (κ3) is 9.49. The number of hydrogen-bond acceptors (Lipinski definition) is 3. The Morgan fingerprint density at radius 2 is 2.07 bits per heavy atom. The Morgan fingerprint density at radius 1 is 1.43 bits per heavy atom. The van der Waals surface area contributed by atoms with Crippen LogP contribution in [0.2, 0.25) is 0 Å². The van der Waals surface area contributed by atoms with E-state index in [9.17, 15) is 8.42 Å². The summed E-state index contributed by atoms with van der Waals surface area (Å²) in [6, 6.07) is 2.12. The molecule has 0 aromatic rings. The maximum atomic E-state index is 10.7. The Bertz CT molecular complexity index is 280. The van der Waals surface area contributed by atoms with Crippen LogP contribution >= 0.6 is 0 Å². The number of unbranched alkanes of at least 4 members (excludes halogenated alkanes) is 1. The molecule has 0 bridgehead atoms. The lowest BCUT2D eigenvalue weighted by molar-refractivity contribution is 0.504. The van der Waals surface area contributed by atoms with Crippen LogP contribution in [0, 0.1) is 17.2 Å². The van der Waals surface area contributed by atoms with Crippen molar-refractivity contribution in [1.82, 2.24) is 4.72 Å². The molecule has 0 aliphatic rings. The monoisotopic (exact) mass is 218 g/mol. The predicted octanol–water partition coefficient (Wildman–Crippen LogP) is 1.26. The second kappa shape index (κ2) is 6.80. The van der Waals surface area contributed by atoms with Crippen molar-refractivity contribution < 1.29 is 8.42 Å². The first-order valence-corrected chi connectivity index (χ1v) is 6.66. The van der Waals surface area contributed by atoms with Crippen molar-refractivity contribution in [2.75, 3.05) is 12.8 Å². The molecule has 1 N–H and O–H groups in total. The molecule has 0 fully saturated rings. The van der Waals surface area contributed by atoms with Crippen molar-refractivity contribution in [3.05, 3.63) is 0 Å². The number of nitrogens with zero attached hydrogens (tertiary/aromatic N) is 1. The van der Waals surface area contributed by atoms with Crippen LogP contribution < -0.4 is 4.72 Å². The van der Waals surface area contributed by atoms with E-state index in [1.807, 2.05) is 6.92 Å². The largest absolute Gasteiger partial charge is 0.215 e. The molecule has 5 heteroatoms. The summed E-state index contributed by atoms with van der Waals surface area (Å²) in [6.07, 6.45) is 4.53. The minimum Gasteiger partial charge on any atom is -0.215 e. The summed E-state index contributed by atoms with van der Waals surface area (Å²) in [7, 11) is -3.04. The zero-order chi connectivity index (χ0) is 11.0. The van der Waals surface area contributed by atoms with Gasteiger partial charge in [0.2, 0.25) is 10.0 Å². The van der Waals surface area contributed by atoms with Crippen LogP contribution in [0.4, 0.5) is 0 Å². The van der Waals surface area contributed by atoms with Crippen LogP contribution in [0.3, 0.4) is 0 Å². The molecular formula is C9H18N2O2S. The molecular weight excluding hydrogens is 200 g/mol. The van der Waals surface area contributed by atoms with Gasteiger partial charge in [0.25, 0.3) is 0 Å². The fourth-order valence-electron chi connectivity index (χ4n) is 1.13. The van der Waals surface area contributed by atoms with Gasteiger partial charge in [0.15, 0.2) is 0 Å². The molecule has 0 aromatic heterocycles. The standard InChI is InChI=1S/C9H18N2O2S/c1-9(6-7-10)5-3-4-8-11-14(2,12)13/h9,11H,3-6,8H2,1-2H3. The maximum Gasteiger partial charge on any atom is 0.208 e. The number of sulfonamides is 1. The Kier molecular flexibility index (Phi) is 6.50. The average Bonchev–Trinajstić information content (AvgIpc) is 2.02. The molecule has 0 radical (unpaired) electrons. The fraction of sp³-hybridized carbons (Fsp3) is 0.889. The number of rotatable bonds is 7. The van der Waals surface area contributed by atoms with E-state index in [2.05, 4.69) is 10.8 Å². The van der Waals surface area contributed by atoms with Crippen molar-refractivity contribution in [2.45, 2.75) is 32.6 Å². The Balaban J connectivity index is 3.35. The van der Waals surface area contributed by atoms with Gasteiger partial charge < -0.3 is 0 Å². The highest BCUT2D eigenvalue weighted by molar-refractivity contribution is 7.88. The van der Waals surface area contributed by atoms with E-state index >= 15 is 0 Å². The molecule has 0 spiro atoms. The van der Waals surface area contributed by atoms with Crippen molar-refractivity contribution in [1.29, 1.82) is 5.26 Å². The van der Waals surface area contributed by atoms with Gasteiger partial charge in [-0.15, -0.1) is 0 Å². The van der Waals surface area contributed by atoms with Gasteiger partial charge in [-0.1, -0.05) is 13.3 Å². The van der Waals surface area contributed by atoms with Crippen molar-refractivity contribution in [2.24, 2.45) is 5.92 Å². The minimum absolute atomic E-state index is 0.415. The van der Waals surface area contributed by atoms with E-state index < -0.39 is 10.0 Å². The minimum atomic E-state index is -3.04. The van der Waals surface area contributed by atoms with Crippen LogP contribution in [0.1, 0.15) is 32.6 Å². The summed E-state index contributed by atoms with van der Waals surface area (Å²) in [5, 5.41) is 8.40. The van der Waals surface area contributed by atoms with Crippen molar-refractivity contribution >= 4 is 10.0 Å². The van der Waals surface area contributed by atoms with Crippen LogP contribution in [0.5, 0.6) is 0 Å². The predicted molar refractivity (Wildman–Crippen MR) is 56.1 cm³/mol. The SMILES string of the molecule is CC(CC#N)CCCCNS(C)(=O)=O. The molecule has 0 saturated heterocycles. The maximum absolute atomic E-state index is 10.7. The van der Waals surface area contributed by atoms with Gasteiger partial charge in [0.1, 0.15) is 0 Å². The highest BCUT2D eigenvalue weighted by Crippen LogP contribution is 2.10. The third-order valence-corrected chi connectivity index (χ3v) is 2.66. The molecule has 1 atom stereocenters. The molecule has 0 saturated carbocycles. The molecule has 0 rings (SSSR count). The lowest BCUT2D eigenvalue weighted by atomic mass is 10.0. The number of nitriles is 1. The first-order chi connectivity index (χ1) is 6.45. The molecule has 14 heavy (non-hydrogen) atoms. The van der Waals surface area contributed by atoms with Gasteiger partial charge in [0.05, 0.1) is 12.3 Å². The van der Waals surface area contributed by atoms with Crippen LogP contribution in [-0.4, -0.2) is 21.2 Å². The molecule has 0 aliphatic heterocycles. The Morgan fingerprint density at radius 3 is 2.57 bits per heavy atom. The summed E-state index contributed by atoms with van der Waals surface area (Å²) < 4.78 is 23.8. The molecule has 0 aromatic carbocycles. The van der Waals surface area contributed by atoms with Gasteiger partial charge in [-0.25, -0.2) is 13.1 Å². The number of nitrogens with one attached hydrogen (secondary N) is 1. The molecule has 0 heterocycles. The third-order valence-electron chi connectivity index (χ3n) is 1.93. The smallest absolute Gasteiger partial charge is 0.208 e. The van der Waals surface area contributed by atoms with Crippen LogP contribution in [-0.2, 0) is 10.0 Å². The lowest BCUT2D eigenvalue weighted by Crippen LogP contribution is -2.22. The first-order valence-electron chi connectivity index (χ1n) is 4.77. The van der Waals surface area contributed by atoms with Gasteiger partial charge in [-0.3, -0.25) is 0 Å². The summed E-state index contributed by atoms with van der Waals surface area (Å²) in [5.41, 5.74) is 0. The second-order valence-electron chi connectivity index (χ2n) is 3.63. The molecule has 82 valence electrons. The van der Waals surface area contributed by atoms with Gasteiger partial charge in [-0.05, 0) is 18.8 Å². The van der Waals surface area contributed by atoms with Gasteiger partial charge in [0, 0.05) is 13.0 Å². The topological polar surface area (TPSA) is 70.0 Å². The second-order valence-corrected chi connectivity index (χ2v) is 5.46. The molecule has 4 nitrogen and oxygen atoms in total. The van der Waals surface area contributed by atoms with E-state index in [1.54, 1.807) is 0 Å². The zero-order valence-electron chi connectivity index (χ0n) is 8.78. The average molecular weight is 218 g/mol. The van der Waals surface area contributed by atoms with Crippen molar-refractivity contribution in [3.8, 4) is 6.07 Å². The van der Waals surface area contributed by atoms with E-state index in [-0.39, 0.29) is 0 Å². The van der Waals surface area contributed by atoms with E-state index in [4.69, 9.17) is 5.26 Å². The first kappa shape index (κ1) is 13.4. The molecule has 0 aliphatic carbocycles. The van der Waals surface area contributed by atoms with E-state index in [0.29, 0.717) is 18.9 Å². The van der Waals surface area contributed by atoms with E-state index in [1.165, 1.54) is 0 Å². The zero-order valence-corrected chi connectivity index (χ0v) is 9.60. The van der Waals surface area contributed by atoms with E-state index in [0.717, 1.165) is 25.5 Å². The molecule has 0 amide bonds. The Labute approximate surface area is 86.4 Å². The highest BCUT2D eigenvalue weighted by Gasteiger charge is 2.02. The normalized spacial score (nSPS) is 13.5. The molecule has 1 unspecified atom stereocenters. The van der Waals surface area contributed by atoms with Crippen LogP contribution in [0.15, 0.2) is 0 Å².